The maximum Gasteiger partial charge on any atom is 0.460 e. The first-order valence-corrected chi connectivity index (χ1v) is 9.07. The summed E-state index contributed by atoms with van der Waals surface area (Å²) in [5, 5.41) is 42.3. The second kappa shape index (κ2) is 7.11. The summed E-state index contributed by atoms with van der Waals surface area (Å²) < 4.78 is 5.63. The van der Waals surface area contributed by atoms with Crippen molar-refractivity contribution >= 4 is 36.7 Å². The second-order valence-corrected chi connectivity index (χ2v) is 7.11. The van der Waals surface area contributed by atoms with E-state index in [1.165, 1.54) is 0 Å². The molecule has 0 bridgehead atoms. The van der Waals surface area contributed by atoms with E-state index in [0.29, 0.717) is 11.0 Å². The Labute approximate surface area is 163 Å². The van der Waals surface area contributed by atoms with Crippen LogP contribution in [-0.2, 0) is 0 Å². The van der Waals surface area contributed by atoms with Gasteiger partial charge in [-0.25, -0.2) is 0 Å². The Bertz CT molecular complexity index is 1150. The van der Waals surface area contributed by atoms with Gasteiger partial charge in [0.25, 0.3) is 0 Å². The molecule has 0 unspecified atom stereocenters. The molecule has 28 heavy (non-hydrogen) atoms. The zero-order valence-electron chi connectivity index (χ0n) is 15.4. The summed E-state index contributed by atoms with van der Waals surface area (Å²) in [7, 11) is -2.31. The van der Waals surface area contributed by atoms with Gasteiger partial charge >= 0.3 is 14.2 Å². The van der Waals surface area contributed by atoms with Crippen molar-refractivity contribution in [3.05, 3.63) is 76.7 Å². The molecule has 3 aromatic carbocycles. The van der Waals surface area contributed by atoms with Crippen LogP contribution in [0.25, 0.3) is 22.4 Å². The number of rotatable bonds is 4. The Morgan fingerprint density at radius 1 is 0.857 bits per heavy atom. The SMILES string of the molecule is COc1ccc2ccccc2c1C1=c2ccccc2=CC(B(O)O)(B(O)O)C1. The largest absolute Gasteiger partial charge is 0.496 e. The van der Waals surface area contributed by atoms with E-state index in [9.17, 15) is 20.1 Å². The molecule has 1 aliphatic rings. The zero-order chi connectivity index (χ0) is 19.9. The van der Waals surface area contributed by atoms with E-state index in [4.69, 9.17) is 4.74 Å². The van der Waals surface area contributed by atoms with E-state index >= 15 is 0 Å². The Morgan fingerprint density at radius 2 is 1.54 bits per heavy atom. The van der Waals surface area contributed by atoms with Crippen molar-refractivity contribution in [2.24, 2.45) is 0 Å². The van der Waals surface area contributed by atoms with Crippen LogP contribution in [0.5, 0.6) is 5.75 Å². The van der Waals surface area contributed by atoms with Crippen molar-refractivity contribution in [1.29, 1.82) is 0 Å². The van der Waals surface area contributed by atoms with Crippen molar-refractivity contribution in [3.8, 4) is 5.75 Å². The third kappa shape index (κ3) is 2.84. The predicted octanol–water partition coefficient (Wildman–Crippen LogP) is 0.457. The number of methoxy groups -OCH3 is 1. The highest BCUT2D eigenvalue weighted by molar-refractivity contribution is 6.71. The molecular formula is C21H20B2O5. The minimum Gasteiger partial charge on any atom is -0.496 e. The van der Waals surface area contributed by atoms with Gasteiger partial charge in [0, 0.05) is 5.56 Å². The van der Waals surface area contributed by atoms with E-state index in [0.717, 1.165) is 27.1 Å². The van der Waals surface area contributed by atoms with Crippen LogP contribution < -0.4 is 15.2 Å². The Balaban J connectivity index is 2.14. The fourth-order valence-electron chi connectivity index (χ4n) is 4.06. The zero-order valence-corrected chi connectivity index (χ0v) is 15.4. The van der Waals surface area contributed by atoms with E-state index in [2.05, 4.69) is 0 Å². The molecule has 0 aliphatic heterocycles. The van der Waals surface area contributed by atoms with Gasteiger partial charge < -0.3 is 24.8 Å². The molecule has 0 saturated heterocycles. The van der Waals surface area contributed by atoms with Crippen LogP contribution in [-0.4, -0.2) is 41.4 Å². The lowest BCUT2D eigenvalue weighted by molar-refractivity contribution is 0.341. The van der Waals surface area contributed by atoms with Gasteiger partial charge in [0.15, 0.2) is 0 Å². The summed E-state index contributed by atoms with van der Waals surface area (Å²) in [5.41, 5.74) is 1.58. The molecule has 0 fully saturated rings. The van der Waals surface area contributed by atoms with Gasteiger partial charge in [0.2, 0.25) is 0 Å². The summed E-state index contributed by atoms with van der Waals surface area (Å²) >= 11 is 0. The minimum atomic E-state index is -1.95. The van der Waals surface area contributed by atoms with Crippen molar-refractivity contribution in [2.45, 2.75) is 11.6 Å². The lowest BCUT2D eigenvalue weighted by atomic mass is 9.36. The molecule has 0 atom stereocenters. The maximum absolute atomic E-state index is 10.1. The first kappa shape index (κ1) is 18.8. The number of hydrogen-bond donors (Lipinski definition) is 4. The van der Waals surface area contributed by atoms with Gasteiger partial charge in [-0.3, -0.25) is 0 Å². The molecule has 0 saturated carbocycles. The van der Waals surface area contributed by atoms with Crippen molar-refractivity contribution in [3.63, 3.8) is 0 Å². The van der Waals surface area contributed by atoms with Gasteiger partial charge in [-0.1, -0.05) is 60.7 Å². The average molecular weight is 374 g/mol. The van der Waals surface area contributed by atoms with Crippen molar-refractivity contribution in [2.75, 3.05) is 7.11 Å². The second-order valence-electron chi connectivity index (χ2n) is 7.11. The molecule has 5 nitrogen and oxygen atoms in total. The van der Waals surface area contributed by atoms with Gasteiger partial charge in [0.1, 0.15) is 5.75 Å². The fourth-order valence-corrected chi connectivity index (χ4v) is 4.06. The first-order chi connectivity index (χ1) is 13.5. The summed E-state index contributed by atoms with van der Waals surface area (Å²) in [4.78, 5) is 0. The van der Waals surface area contributed by atoms with Crippen LogP contribution in [0.15, 0.2) is 60.7 Å². The third-order valence-corrected chi connectivity index (χ3v) is 5.57. The smallest absolute Gasteiger partial charge is 0.460 e. The van der Waals surface area contributed by atoms with E-state index < -0.39 is 19.5 Å². The lowest BCUT2D eigenvalue weighted by Crippen LogP contribution is -2.49. The van der Waals surface area contributed by atoms with Gasteiger partial charge in [-0.15, -0.1) is 0 Å². The lowest BCUT2D eigenvalue weighted by Gasteiger charge is -2.33. The first-order valence-electron chi connectivity index (χ1n) is 9.07. The number of fused-ring (bicyclic) bond motifs is 2. The Morgan fingerprint density at radius 3 is 2.25 bits per heavy atom. The van der Waals surface area contributed by atoms with Crippen LogP contribution in [0.1, 0.15) is 12.0 Å². The van der Waals surface area contributed by atoms with Gasteiger partial charge in [0.05, 0.1) is 12.3 Å². The molecule has 4 N–H and O–H groups in total. The molecule has 1 aliphatic carbocycles. The molecule has 0 aromatic heterocycles. The number of ether oxygens (including phenoxy) is 1. The normalized spacial score (nSPS) is 15.0. The maximum atomic E-state index is 10.1. The molecule has 3 aromatic rings. The van der Waals surface area contributed by atoms with Crippen molar-refractivity contribution in [1.82, 2.24) is 0 Å². The molecule has 4 rings (SSSR count). The fraction of sp³-hybridized carbons (Fsp3) is 0.143. The average Bonchev–Trinajstić information content (AvgIpc) is 2.71. The summed E-state index contributed by atoms with van der Waals surface area (Å²) in [5.74, 6) is 0.638. The molecule has 140 valence electrons. The molecule has 0 amide bonds. The van der Waals surface area contributed by atoms with Crippen LogP contribution in [0.3, 0.4) is 0 Å². The van der Waals surface area contributed by atoms with Gasteiger partial charge in [-0.2, -0.15) is 0 Å². The quantitative estimate of drug-likeness (QED) is 0.499. The molecule has 7 heteroatoms. The molecular weight excluding hydrogens is 354 g/mol. The third-order valence-electron chi connectivity index (χ3n) is 5.57. The summed E-state index contributed by atoms with van der Waals surface area (Å²) in [6.45, 7) is 0. The van der Waals surface area contributed by atoms with Crippen LogP contribution in [0.4, 0.5) is 0 Å². The molecule has 0 radical (unpaired) electrons. The predicted molar refractivity (Wildman–Crippen MR) is 111 cm³/mol. The Kier molecular flexibility index (Phi) is 4.77. The number of hydrogen-bond acceptors (Lipinski definition) is 5. The topological polar surface area (TPSA) is 90.2 Å². The van der Waals surface area contributed by atoms with Crippen LogP contribution in [0.2, 0.25) is 5.21 Å². The van der Waals surface area contributed by atoms with Crippen LogP contribution >= 0.6 is 0 Å². The highest BCUT2D eigenvalue weighted by atomic mass is 16.5. The summed E-state index contributed by atoms with van der Waals surface area (Å²) in [6, 6.07) is 19.2. The summed E-state index contributed by atoms with van der Waals surface area (Å²) in [6.07, 6.45) is 1.57. The highest BCUT2D eigenvalue weighted by Gasteiger charge is 2.51. The Hall–Kier alpha value is -2.57. The van der Waals surface area contributed by atoms with E-state index in [-0.39, 0.29) is 6.42 Å². The molecule has 0 spiro atoms. The van der Waals surface area contributed by atoms with E-state index in [1.807, 2.05) is 60.7 Å². The monoisotopic (exact) mass is 374 g/mol. The van der Waals surface area contributed by atoms with Crippen LogP contribution in [0, 0.1) is 0 Å². The molecule has 0 heterocycles. The number of benzene rings is 3. The van der Waals surface area contributed by atoms with Gasteiger partial charge in [-0.05, 0) is 39.3 Å². The van der Waals surface area contributed by atoms with E-state index in [1.54, 1.807) is 13.2 Å². The highest BCUT2D eigenvalue weighted by Crippen LogP contribution is 2.45. The standard InChI is InChI=1S/C21H20B2O5/c1-28-19-11-10-14-6-2-5-9-17(14)20(19)18-13-21(22(24)25,23(26)27)12-15-7-3-4-8-16(15)18/h2-12,24-27H,13H2,1H3. The van der Waals surface area contributed by atoms with Crippen molar-refractivity contribution < 1.29 is 24.8 Å². The minimum absolute atomic E-state index is 0.0315.